The maximum atomic E-state index is 13.3. The molecule has 1 amide bonds. The molecule has 0 radical (unpaired) electrons. The molecule has 1 aliphatic rings. The average molecular weight is 601 g/mol. The zero-order valence-corrected chi connectivity index (χ0v) is 25.2. The van der Waals surface area contributed by atoms with E-state index in [9.17, 15) is 9.59 Å². The summed E-state index contributed by atoms with van der Waals surface area (Å²) in [5, 5.41) is 1.17. The molecule has 1 saturated heterocycles. The molecule has 1 fully saturated rings. The summed E-state index contributed by atoms with van der Waals surface area (Å²) in [6.45, 7) is 7.96. The lowest BCUT2D eigenvalue weighted by Crippen LogP contribution is -2.44. The Hall–Kier alpha value is -3.42. The summed E-state index contributed by atoms with van der Waals surface area (Å²) in [4.78, 5) is 27.5. The van der Waals surface area contributed by atoms with Gasteiger partial charge in [0.15, 0.2) is 11.5 Å². The van der Waals surface area contributed by atoms with Crippen LogP contribution in [0.15, 0.2) is 66.7 Å². The van der Waals surface area contributed by atoms with Crippen LogP contribution >= 0.6 is 23.2 Å². The fourth-order valence-corrected chi connectivity index (χ4v) is 4.91. The van der Waals surface area contributed by atoms with Crippen LogP contribution in [0.1, 0.15) is 63.3 Å². The van der Waals surface area contributed by atoms with E-state index < -0.39 is 29.8 Å². The molecule has 9 heteroatoms. The van der Waals surface area contributed by atoms with Crippen LogP contribution in [0.4, 0.5) is 4.79 Å². The first kappa shape index (κ1) is 30.5. The third-order valence-corrected chi connectivity index (χ3v) is 7.30. The standard InChI is InChI=1S/C32H35Cl2NO6/c1-21(40-30(36)27-16-10-18-35(27)31(37)41-32(2,3)4)24-13-9-17-28(38-19-22-11-5-7-14-25(22)33)29(24)39-20-23-12-6-8-15-26(23)34/h5-9,11-15,17,21,27H,10,16,18-20H2,1-4H3/t21-,27?/m1/s1. The number of hydrogen-bond acceptors (Lipinski definition) is 6. The van der Waals surface area contributed by atoms with Crippen LogP contribution in [0.2, 0.25) is 10.0 Å². The summed E-state index contributed by atoms with van der Waals surface area (Å²) in [6, 6.07) is 19.5. The molecule has 1 heterocycles. The van der Waals surface area contributed by atoms with Crippen molar-refractivity contribution in [2.75, 3.05) is 6.54 Å². The number of halogens is 2. The fraction of sp³-hybridized carbons (Fsp3) is 0.375. The number of amides is 1. The maximum Gasteiger partial charge on any atom is 0.411 e. The first-order valence-electron chi connectivity index (χ1n) is 13.6. The van der Waals surface area contributed by atoms with E-state index in [1.807, 2.05) is 48.5 Å². The molecule has 2 atom stereocenters. The summed E-state index contributed by atoms with van der Waals surface area (Å²) >= 11 is 12.7. The first-order chi connectivity index (χ1) is 19.5. The number of rotatable bonds is 9. The van der Waals surface area contributed by atoms with E-state index in [0.29, 0.717) is 46.5 Å². The summed E-state index contributed by atoms with van der Waals surface area (Å²) in [6.07, 6.45) is -0.0379. The highest BCUT2D eigenvalue weighted by Crippen LogP contribution is 2.38. The van der Waals surface area contributed by atoms with Gasteiger partial charge in [0.25, 0.3) is 0 Å². The number of ether oxygens (including phenoxy) is 4. The minimum absolute atomic E-state index is 0.175. The van der Waals surface area contributed by atoms with Gasteiger partial charge in [-0.15, -0.1) is 0 Å². The molecule has 3 aromatic rings. The molecule has 41 heavy (non-hydrogen) atoms. The van der Waals surface area contributed by atoms with Gasteiger partial charge in [-0.2, -0.15) is 0 Å². The third kappa shape index (κ3) is 8.08. The van der Waals surface area contributed by atoms with Gasteiger partial charge in [-0.25, -0.2) is 9.59 Å². The molecule has 1 unspecified atom stereocenters. The van der Waals surface area contributed by atoms with Gasteiger partial charge in [-0.3, -0.25) is 4.90 Å². The summed E-state index contributed by atoms with van der Waals surface area (Å²) in [5.74, 6) is 0.393. The topological polar surface area (TPSA) is 74.3 Å². The normalized spacial score (nSPS) is 15.8. The average Bonchev–Trinajstić information content (AvgIpc) is 3.42. The zero-order valence-electron chi connectivity index (χ0n) is 23.7. The Balaban J connectivity index is 1.56. The predicted molar refractivity (Wildman–Crippen MR) is 158 cm³/mol. The van der Waals surface area contributed by atoms with Crippen LogP contribution in [0.5, 0.6) is 11.5 Å². The Kier molecular flexibility index (Phi) is 10.1. The van der Waals surface area contributed by atoms with Gasteiger partial charge in [0.05, 0.1) is 0 Å². The number of nitrogens with zero attached hydrogens (tertiary/aromatic N) is 1. The van der Waals surface area contributed by atoms with Gasteiger partial charge in [0, 0.05) is 33.3 Å². The molecule has 218 valence electrons. The molecule has 0 aliphatic carbocycles. The van der Waals surface area contributed by atoms with Crippen molar-refractivity contribution >= 4 is 35.3 Å². The van der Waals surface area contributed by atoms with Crippen LogP contribution in [-0.2, 0) is 27.5 Å². The van der Waals surface area contributed by atoms with E-state index in [2.05, 4.69) is 0 Å². The molecular formula is C32H35Cl2NO6. The summed E-state index contributed by atoms with van der Waals surface area (Å²) < 4.78 is 23.9. The molecule has 1 aliphatic heterocycles. The Morgan fingerprint density at radius 1 is 0.902 bits per heavy atom. The van der Waals surface area contributed by atoms with Crippen molar-refractivity contribution in [1.82, 2.24) is 4.90 Å². The van der Waals surface area contributed by atoms with E-state index in [0.717, 1.165) is 11.1 Å². The zero-order chi connectivity index (χ0) is 29.6. The molecular weight excluding hydrogens is 565 g/mol. The van der Waals surface area contributed by atoms with Gasteiger partial charge in [0.2, 0.25) is 0 Å². The molecule has 0 saturated carbocycles. The minimum Gasteiger partial charge on any atom is -0.485 e. The Morgan fingerprint density at radius 2 is 1.51 bits per heavy atom. The van der Waals surface area contributed by atoms with Crippen LogP contribution in [-0.4, -0.2) is 35.2 Å². The molecule has 4 rings (SSSR count). The summed E-state index contributed by atoms with van der Waals surface area (Å²) in [5.41, 5.74) is 1.56. The molecule has 3 aromatic carbocycles. The van der Waals surface area contributed by atoms with E-state index in [1.54, 1.807) is 45.9 Å². The second-order valence-corrected chi connectivity index (χ2v) is 11.7. The molecule has 0 spiro atoms. The van der Waals surface area contributed by atoms with E-state index in [1.165, 1.54) is 4.90 Å². The summed E-state index contributed by atoms with van der Waals surface area (Å²) in [7, 11) is 0. The number of likely N-dealkylation sites (tertiary alicyclic amines) is 1. The molecule has 0 bridgehead atoms. The predicted octanol–water partition coefficient (Wildman–Crippen LogP) is 8.16. The van der Waals surface area contributed by atoms with Crippen molar-refractivity contribution in [2.45, 2.75) is 71.5 Å². The number of para-hydroxylation sites is 1. The molecule has 0 N–H and O–H groups in total. The Morgan fingerprint density at radius 3 is 2.12 bits per heavy atom. The number of benzene rings is 3. The number of carbonyl (C=O) groups excluding carboxylic acids is 2. The van der Waals surface area contributed by atoms with Crippen molar-refractivity contribution in [1.29, 1.82) is 0 Å². The van der Waals surface area contributed by atoms with Gasteiger partial charge in [-0.1, -0.05) is 71.7 Å². The van der Waals surface area contributed by atoms with Crippen LogP contribution in [0, 0.1) is 0 Å². The van der Waals surface area contributed by atoms with E-state index in [-0.39, 0.29) is 13.2 Å². The Labute approximate surface area is 251 Å². The highest BCUT2D eigenvalue weighted by Gasteiger charge is 2.38. The molecule has 7 nitrogen and oxygen atoms in total. The third-order valence-electron chi connectivity index (χ3n) is 6.56. The van der Waals surface area contributed by atoms with E-state index in [4.69, 9.17) is 42.1 Å². The van der Waals surface area contributed by atoms with Crippen LogP contribution in [0.25, 0.3) is 0 Å². The monoisotopic (exact) mass is 599 g/mol. The van der Waals surface area contributed by atoms with Crippen LogP contribution < -0.4 is 9.47 Å². The quantitative estimate of drug-likeness (QED) is 0.231. The lowest BCUT2D eigenvalue weighted by atomic mass is 10.1. The number of esters is 1. The van der Waals surface area contributed by atoms with Gasteiger partial charge in [0.1, 0.15) is 31.0 Å². The second-order valence-electron chi connectivity index (χ2n) is 10.8. The van der Waals surface area contributed by atoms with Crippen LogP contribution in [0.3, 0.4) is 0 Å². The lowest BCUT2D eigenvalue weighted by molar-refractivity contribution is -0.153. The SMILES string of the molecule is C[C@@H](OC(=O)C1CCCN1C(=O)OC(C)(C)C)c1cccc(OCc2ccccc2Cl)c1OCc1ccccc1Cl. The second kappa shape index (κ2) is 13.5. The van der Waals surface area contributed by atoms with Crippen molar-refractivity contribution in [2.24, 2.45) is 0 Å². The number of carbonyl (C=O) groups is 2. The minimum atomic E-state index is -0.723. The van der Waals surface area contributed by atoms with Crippen molar-refractivity contribution in [3.8, 4) is 11.5 Å². The van der Waals surface area contributed by atoms with Gasteiger partial charge >= 0.3 is 12.1 Å². The number of hydrogen-bond donors (Lipinski definition) is 0. The highest BCUT2D eigenvalue weighted by molar-refractivity contribution is 6.31. The first-order valence-corrected chi connectivity index (χ1v) is 14.3. The lowest BCUT2D eigenvalue weighted by Gasteiger charge is -2.28. The Bertz CT molecular complexity index is 1370. The largest absolute Gasteiger partial charge is 0.485 e. The van der Waals surface area contributed by atoms with Crippen molar-refractivity contribution in [3.05, 3.63) is 93.5 Å². The smallest absolute Gasteiger partial charge is 0.411 e. The van der Waals surface area contributed by atoms with Gasteiger partial charge < -0.3 is 18.9 Å². The molecule has 0 aromatic heterocycles. The maximum absolute atomic E-state index is 13.3. The van der Waals surface area contributed by atoms with Gasteiger partial charge in [-0.05, 0) is 58.7 Å². The van der Waals surface area contributed by atoms with Crippen molar-refractivity contribution < 1.29 is 28.5 Å². The fourth-order valence-electron chi connectivity index (χ4n) is 4.52. The van der Waals surface area contributed by atoms with Crippen molar-refractivity contribution in [3.63, 3.8) is 0 Å². The van der Waals surface area contributed by atoms with E-state index >= 15 is 0 Å². The highest BCUT2D eigenvalue weighted by atomic mass is 35.5.